The summed E-state index contributed by atoms with van der Waals surface area (Å²) in [5.74, 6) is 1.23. The summed E-state index contributed by atoms with van der Waals surface area (Å²) in [5.41, 5.74) is 1.70. The van der Waals surface area contributed by atoms with E-state index in [-0.39, 0.29) is 11.9 Å². The van der Waals surface area contributed by atoms with Crippen molar-refractivity contribution in [2.75, 3.05) is 37.7 Å². The van der Waals surface area contributed by atoms with Crippen LogP contribution in [0.2, 0.25) is 0 Å². The highest BCUT2D eigenvalue weighted by Crippen LogP contribution is 2.43. The Kier molecular flexibility index (Phi) is 5.11. The highest BCUT2D eigenvalue weighted by molar-refractivity contribution is 7.12. The zero-order valence-electron chi connectivity index (χ0n) is 15.4. The predicted molar refractivity (Wildman–Crippen MR) is 105 cm³/mol. The highest BCUT2D eigenvalue weighted by atomic mass is 32.1. The molecule has 2 aromatic heterocycles. The molecule has 4 rings (SSSR count). The molecule has 0 bridgehead atoms. The number of amides is 1. The molecular weight excluding hydrogens is 362 g/mol. The van der Waals surface area contributed by atoms with Crippen LogP contribution in [0.25, 0.3) is 0 Å². The van der Waals surface area contributed by atoms with E-state index in [9.17, 15) is 9.59 Å². The van der Waals surface area contributed by atoms with Gasteiger partial charge in [0.2, 0.25) is 0 Å². The predicted octanol–water partition coefficient (Wildman–Crippen LogP) is 3.16. The van der Waals surface area contributed by atoms with Crippen LogP contribution < -0.4 is 4.90 Å². The lowest BCUT2D eigenvalue weighted by atomic mass is 10.1. The van der Waals surface area contributed by atoms with Gasteiger partial charge in [0.1, 0.15) is 5.82 Å². The third kappa shape index (κ3) is 3.83. The number of carbonyl (C=O) groups excluding carboxylic acids is 2. The van der Waals surface area contributed by atoms with E-state index >= 15 is 0 Å². The van der Waals surface area contributed by atoms with Crippen LogP contribution >= 0.6 is 11.3 Å². The van der Waals surface area contributed by atoms with Gasteiger partial charge in [-0.1, -0.05) is 0 Å². The molecule has 1 saturated carbocycles. The zero-order valence-corrected chi connectivity index (χ0v) is 16.2. The molecule has 0 unspecified atom stereocenters. The lowest BCUT2D eigenvalue weighted by Gasteiger charge is -2.35. The first-order valence-electron chi connectivity index (χ1n) is 9.42. The summed E-state index contributed by atoms with van der Waals surface area (Å²) in [5, 5.41) is 2.03. The van der Waals surface area contributed by atoms with Crippen LogP contribution in [0, 0.1) is 0 Å². The van der Waals surface area contributed by atoms with Crippen LogP contribution in [-0.4, -0.2) is 54.5 Å². The summed E-state index contributed by atoms with van der Waals surface area (Å²) in [7, 11) is 0. The molecule has 3 heterocycles. The standard InChI is InChI=1S/C20H23N3O3S/c1-2-26-20(25)15-5-6-17(21-13-15)22-8-10-23(11-9-22)19(24)18-16(7-12-27-18)14-3-4-14/h5-7,12-14H,2-4,8-11H2,1H3. The monoisotopic (exact) mass is 385 g/mol. The Bertz CT molecular complexity index is 821. The minimum atomic E-state index is -0.352. The van der Waals surface area contributed by atoms with Crippen LogP contribution in [0.1, 0.15) is 51.3 Å². The number of ether oxygens (including phenoxy) is 1. The molecule has 1 amide bonds. The number of piperazine rings is 1. The second-order valence-corrected chi connectivity index (χ2v) is 7.80. The Hall–Kier alpha value is -2.41. The Balaban J connectivity index is 1.36. The van der Waals surface area contributed by atoms with Gasteiger partial charge in [-0.05, 0) is 54.8 Å². The number of carbonyl (C=O) groups is 2. The summed E-state index contributed by atoms with van der Waals surface area (Å²) in [6.45, 7) is 4.97. The second-order valence-electron chi connectivity index (χ2n) is 6.88. The molecule has 1 saturated heterocycles. The normalized spacial score (nSPS) is 17.1. The van der Waals surface area contributed by atoms with E-state index in [4.69, 9.17) is 4.74 Å². The van der Waals surface area contributed by atoms with Crippen molar-refractivity contribution in [1.29, 1.82) is 0 Å². The number of pyridine rings is 1. The molecule has 1 aliphatic heterocycles. The zero-order chi connectivity index (χ0) is 18.8. The van der Waals surface area contributed by atoms with Gasteiger partial charge >= 0.3 is 5.97 Å². The van der Waals surface area contributed by atoms with Gasteiger partial charge in [-0.2, -0.15) is 0 Å². The quantitative estimate of drug-likeness (QED) is 0.740. The van der Waals surface area contributed by atoms with E-state index in [1.807, 2.05) is 16.3 Å². The molecule has 0 spiro atoms. The largest absolute Gasteiger partial charge is 0.462 e. The molecule has 2 aliphatic rings. The van der Waals surface area contributed by atoms with Crippen molar-refractivity contribution in [3.63, 3.8) is 0 Å². The number of thiophene rings is 1. The lowest BCUT2D eigenvalue weighted by molar-refractivity contribution is 0.0525. The van der Waals surface area contributed by atoms with Crippen molar-refractivity contribution < 1.29 is 14.3 Å². The van der Waals surface area contributed by atoms with Gasteiger partial charge < -0.3 is 14.5 Å². The number of esters is 1. The van der Waals surface area contributed by atoms with Crippen LogP contribution in [-0.2, 0) is 4.74 Å². The maximum absolute atomic E-state index is 12.9. The average molecular weight is 385 g/mol. The Morgan fingerprint density at radius 3 is 2.59 bits per heavy atom. The molecule has 0 atom stereocenters. The number of nitrogens with zero attached hydrogens (tertiary/aromatic N) is 3. The smallest absolute Gasteiger partial charge is 0.339 e. The minimum absolute atomic E-state index is 0.164. The maximum atomic E-state index is 12.9. The molecule has 0 N–H and O–H groups in total. The van der Waals surface area contributed by atoms with Crippen LogP contribution in [0.15, 0.2) is 29.8 Å². The Labute approximate surface area is 162 Å². The molecular formula is C20H23N3O3S. The molecule has 1 aliphatic carbocycles. The van der Waals surface area contributed by atoms with Crippen LogP contribution in [0.5, 0.6) is 0 Å². The van der Waals surface area contributed by atoms with E-state index in [1.165, 1.54) is 18.4 Å². The van der Waals surface area contributed by atoms with Crippen molar-refractivity contribution in [1.82, 2.24) is 9.88 Å². The topological polar surface area (TPSA) is 62.7 Å². The first-order valence-corrected chi connectivity index (χ1v) is 10.3. The van der Waals surface area contributed by atoms with E-state index in [0.29, 0.717) is 31.2 Å². The first-order chi connectivity index (χ1) is 13.2. The van der Waals surface area contributed by atoms with E-state index in [2.05, 4.69) is 16.0 Å². The SMILES string of the molecule is CCOC(=O)c1ccc(N2CCN(C(=O)c3sccc3C3CC3)CC2)nc1. The number of hydrogen-bond acceptors (Lipinski definition) is 6. The third-order valence-corrected chi connectivity index (χ3v) is 5.98. The summed E-state index contributed by atoms with van der Waals surface area (Å²) in [6.07, 6.45) is 3.97. The lowest BCUT2D eigenvalue weighted by Crippen LogP contribution is -2.49. The van der Waals surface area contributed by atoms with Gasteiger partial charge in [0, 0.05) is 32.4 Å². The molecule has 2 aromatic rings. The van der Waals surface area contributed by atoms with Crippen molar-refractivity contribution in [3.8, 4) is 0 Å². The summed E-state index contributed by atoms with van der Waals surface area (Å²) in [4.78, 5) is 34.0. The van der Waals surface area contributed by atoms with E-state index < -0.39 is 0 Å². The fraction of sp³-hybridized carbons (Fsp3) is 0.450. The van der Waals surface area contributed by atoms with E-state index in [1.54, 1.807) is 30.5 Å². The van der Waals surface area contributed by atoms with Crippen molar-refractivity contribution in [3.05, 3.63) is 45.8 Å². The fourth-order valence-electron chi connectivity index (χ4n) is 3.40. The van der Waals surface area contributed by atoms with Crippen molar-refractivity contribution in [2.24, 2.45) is 0 Å². The third-order valence-electron chi connectivity index (χ3n) is 5.06. The number of aromatic nitrogens is 1. The van der Waals surface area contributed by atoms with Crippen molar-refractivity contribution in [2.45, 2.75) is 25.7 Å². The first kappa shape index (κ1) is 18.0. The fourth-order valence-corrected chi connectivity index (χ4v) is 4.35. The van der Waals surface area contributed by atoms with Gasteiger partial charge in [-0.3, -0.25) is 4.79 Å². The highest BCUT2D eigenvalue weighted by Gasteiger charge is 2.31. The van der Waals surface area contributed by atoms with E-state index in [0.717, 1.165) is 23.8 Å². The van der Waals surface area contributed by atoms with Gasteiger partial charge in [0.25, 0.3) is 5.91 Å². The Morgan fingerprint density at radius 2 is 1.96 bits per heavy atom. The van der Waals surface area contributed by atoms with Crippen molar-refractivity contribution >= 4 is 29.0 Å². The van der Waals surface area contributed by atoms with Crippen LogP contribution in [0.3, 0.4) is 0 Å². The van der Waals surface area contributed by atoms with Gasteiger partial charge in [-0.25, -0.2) is 9.78 Å². The second kappa shape index (κ2) is 7.68. The molecule has 142 valence electrons. The minimum Gasteiger partial charge on any atom is -0.462 e. The van der Waals surface area contributed by atoms with Gasteiger partial charge in [0.05, 0.1) is 17.0 Å². The molecule has 2 fully saturated rings. The summed E-state index contributed by atoms with van der Waals surface area (Å²) >= 11 is 1.56. The van der Waals surface area contributed by atoms with Gasteiger partial charge in [0.15, 0.2) is 0 Å². The maximum Gasteiger partial charge on any atom is 0.339 e. The number of rotatable bonds is 5. The number of anilines is 1. The summed E-state index contributed by atoms with van der Waals surface area (Å²) < 4.78 is 4.98. The van der Waals surface area contributed by atoms with Gasteiger partial charge in [-0.15, -0.1) is 11.3 Å². The molecule has 0 aromatic carbocycles. The number of hydrogen-bond donors (Lipinski definition) is 0. The molecule has 0 radical (unpaired) electrons. The molecule has 7 heteroatoms. The Morgan fingerprint density at radius 1 is 1.19 bits per heavy atom. The molecule has 27 heavy (non-hydrogen) atoms. The molecule has 6 nitrogen and oxygen atoms in total. The average Bonchev–Trinajstić information content (AvgIpc) is 3.44. The summed E-state index contributed by atoms with van der Waals surface area (Å²) in [6, 6.07) is 5.69. The van der Waals surface area contributed by atoms with Crippen LogP contribution in [0.4, 0.5) is 5.82 Å².